The summed E-state index contributed by atoms with van der Waals surface area (Å²) in [5.74, 6) is 1.34. The number of amides is 1. The number of nitrogens with one attached hydrogen (secondary N) is 2. The summed E-state index contributed by atoms with van der Waals surface area (Å²) in [6, 6.07) is 5.72. The zero-order valence-electron chi connectivity index (χ0n) is 15.5. The summed E-state index contributed by atoms with van der Waals surface area (Å²) in [5, 5.41) is 7.95. The third-order valence-electron chi connectivity index (χ3n) is 5.60. The van der Waals surface area contributed by atoms with Crippen LogP contribution in [0.25, 0.3) is 10.9 Å². The number of fused-ring (bicyclic) bond motifs is 1. The summed E-state index contributed by atoms with van der Waals surface area (Å²) in [5.41, 5.74) is 7.86. The molecule has 0 bridgehead atoms. The highest BCUT2D eigenvalue weighted by atomic mass is 16.1. The van der Waals surface area contributed by atoms with E-state index in [4.69, 9.17) is 5.73 Å². The Labute approximate surface area is 159 Å². The van der Waals surface area contributed by atoms with Crippen molar-refractivity contribution in [3.63, 3.8) is 0 Å². The molecule has 4 N–H and O–H groups in total. The Morgan fingerprint density at radius 2 is 2.22 bits per heavy atom. The van der Waals surface area contributed by atoms with E-state index in [0.717, 1.165) is 37.1 Å². The van der Waals surface area contributed by atoms with Crippen molar-refractivity contribution >= 4 is 22.6 Å². The third kappa shape index (κ3) is 3.57. The third-order valence-corrected chi connectivity index (χ3v) is 5.60. The highest BCUT2D eigenvalue weighted by molar-refractivity contribution is 6.06. The zero-order valence-corrected chi connectivity index (χ0v) is 15.5. The minimum atomic E-state index is -0.475. The van der Waals surface area contributed by atoms with Gasteiger partial charge in [-0.05, 0) is 50.3 Å². The van der Waals surface area contributed by atoms with Crippen LogP contribution in [0.3, 0.4) is 0 Å². The second-order valence-corrected chi connectivity index (χ2v) is 7.41. The second kappa shape index (κ2) is 7.48. The van der Waals surface area contributed by atoms with Crippen LogP contribution in [0.2, 0.25) is 0 Å². The van der Waals surface area contributed by atoms with E-state index in [1.54, 1.807) is 6.07 Å². The maximum absolute atomic E-state index is 11.7. The minimum absolute atomic E-state index is 0.259. The van der Waals surface area contributed by atoms with E-state index >= 15 is 0 Å². The molecule has 0 spiro atoms. The molecule has 1 amide bonds. The number of anilines is 1. The minimum Gasteiger partial charge on any atom is -0.366 e. The first-order valence-corrected chi connectivity index (χ1v) is 9.49. The lowest BCUT2D eigenvalue weighted by atomic mass is 9.77. The van der Waals surface area contributed by atoms with E-state index in [9.17, 15) is 4.79 Å². The molecule has 140 valence electrons. The van der Waals surface area contributed by atoms with E-state index in [0.29, 0.717) is 22.9 Å². The van der Waals surface area contributed by atoms with E-state index in [2.05, 4.69) is 45.8 Å². The fourth-order valence-electron chi connectivity index (χ4n) is 4.30. The Kier molecular flexibility index (Phi) is 4.90. The van der Waals surface area contributed by atoms with Crippen LogP contribution in [0, 0.1) is 11.8 Å². The Balaban J connectivity index is 1.65. The molecule has 4 rings (SSSR count). The Morgan fingerprint density at radius 1 is 1.33 bits per heavy atom. The first-order valence-electron chi connectivity index (χ1n) is 9.49. The molecule has 1 aromatic carbocycles. The van der Waals surface area contributed by atoms with Gasteiger partial charge in [-0.15, -0.1) is 0 Å². The van der Waals surface area contributed by atoms with Gasteiger partial charge in [0.1, 0.15) is 12.1 Å². The largest absolute Gasteiger partial charge is 0.366 e. The number of allylic oxidation sites excluding steroid dienone is 4. The molecular formula is C21H25N5O. The number of carbonyl (C=O) groups is 1. The van der Waals surface area contributed by atoms with Crippen LogP contribution >= 0.6 is 0 Å². The van der Waals surface area contributed by atoms with Gasteiger partial charge in [0.25, 0.3) is 5.91 Å². The maximum atomic E-state index is 11.7. The van der Waals surface area contributed by atoms with Gasteiger partial charge in [-0.1, -0.05) is 29.9 Å². The van der Waals surface area contributed by atoms with Crippen molar-refractivity contribution in [3.8, 4) is 0 Å². The number of carbonyl (C=O) groups excluding carboxylic acids is 1. The first kappa shape index (κ1) is 17.7. The van der Waals surface area contributed by atoms with Gasteiger partial charge in [0.15, 0.2) is 0 Å². The molecule has 1 aliphatic heterocycles. The number of hydrogen-bond donors (Lipinski definition) is 3. The Hall–Kier alpha value is -2.73. The summed E-state index contributed by atoms with van der Waals surface area (Å²) in [6.45, 7) is 4.08. The number of para-hydroxylation sites is 1. The number of nitrogens with zero attached hydrogens (tertiary/aromatic N) is 2. The normalized spacial score (nSPS) is 25.2. The van der Waals surface area contributed by atoms with Crippen LogP contribution < -0.4 is 16.4 Å². The van der Waals surface area contributed by atoms with E-state index in [1.807, 2.05) is 12.1 Å². The summed E-state index contributed by atoms with van der Waals surface area (Å²) in [6.07, 6.45) is 10.6. The molecule has 2 aromatic rings. The number of nitrogens with two attached hydrogens (primary N) is 1. The molecule has 3 atom stereocenters. The van der Waals surface area contributed by atoms with Crippen molar-refractivity contribution < 1.29 is 4.79 Å². The van der Waals surface area contributed by atoms with Crippen LogP contribution in [0.1, 0.15) is 30.1 Å². The van der Waals surface area contributed by atoms with Crippen molar-refractivity contribution in [2.75, 3.05) is 18.4 Å². The molecular weight excluding hydrogens is 338 g/mol. The lowest BCUT2D eigenvalue weighted by molar-refractivity contribution is 0.100. The average molecular weight is 363 g/mol. The molecule has 2 aliphatic rings. The highest BCUT2D eigenvalue weighted by Gasteiger charge is 2.31. The summed E-state index contributed by atoms with van der Waals surface area (Å²) < 4.78 is 0. The number of rotatable bonds is 4. The lowest BCUT2D eigenvalue weighted by Crippen LogP contribution is -2.47. The van der Waals surface area contributed by atoms with Crippen molar-refractivity contribution in [3.05, 3.63) is 53.9 Å². The molecule has 1 fully saturated rings. The summed E-state index contributed by atoms with van der Waals surface area (Å²) >= 11 is 0. The fraction of sp³-hybridized carbons (Fsp3) is 0.381. The number of primary amides is 1. The van der Waals surface area contributed by atoms with Crippen LogP contribution in [0.15, 0.2) is 48.3 Å². The first-order chi connectivity index (χ1) is 13.1. The molecule has 1 aromatic heterocycles. The van der Waals surface area contributed by atoms with E-state index in [1.165, 1.54) is 11.9 Å². The molecule has 1 unspecified atom stereocenters. The molecule has 27 heavy (non-hydrogen) atoms. The SMILES string of the molecule is CC1=CC([C@@H]2CCNC[C@H]2Nc2ncnc3c(C(N)=O)cccc23)CC=C1. The van der Waals surface area contributed by atoms with Gasteiger partial charge < -0.3 is 16.4 Å². The quantitative estimate of drug-likeness (QED) is 0.776. The van der Waals surface area contributed by atoms with Gasteiger partial charge in [-0.25, -0.2) is 9.97 Å². The fourth-order valence-corrected chi connectivity index (χ4v) is 4.30. The van der Waals surface area contributed by atoms with Gasteiger partial charge in [-0.2, -0.15) is 0 Å². The van der Waals surface area contributed by atoms with Gasteiger partial charge in [0.05, 0.1) is 11.1 Å². The Morgan fingerprint density at radius 3 is 3.04 bits per heavy atom. The van der Waals surface area contributed by atoms with Crippen molar-refractivity contribution in [1.82, 2.24) is 15.3 Å². The second-order valence-electron chi connectivity index (χ2n) is 7.41. The molecule has 0 radical (unpaired) electrons. The van der Waals surface area contributed by atoms with Crippen LogP contribution in [-0.2, 0) is 0 Å². The maximum Gasteiger partial charge on any atom is 0.250 e. The van der Waals surface area contributed by atoms with E-state index < -0.39 is 5.91 Å². The topological polar surface area (TPSA) is 92.9 Å². The number of piperidine rings is 1. The smallest absolute Gasteiger partial charge is 0.250 e. The van der Waals surface area contributed by atoms with Gasteiger partial charge in [0.2, 0.25) is 0 Å². The molecule has 6 nitrogen and oxygen atoms in total. The lowest BCUT2D eigenvalue weighted by Gasteiger charge is -2.38. The molecule has 2 heterocycles. The van der Waals surface area contributed by atoms with Gasteiger partial charge in [-0.3, -0.25) is 4.79 Å². The van der Waals surface area contributed by atoms with E-state index in [-0.39, 0.29) is 6.04 Å². The summed E-state index contributed by atoms with van der Waals surface area (Å²) in [4.78, 5) is 20.5. The molecule has 1 aliphatic carbocycles. The van der Waals surface area contributed by atoms with Crippen molar-refractivity contribution in [2.45, 2.75) is 25.8 Å². The standard InChI is InChI=1S/C21H25N5O/c1-13-4-2-5-14(10-13)15-8-9-23-11-18(15)26-21-17-7-3-6-16(20(22)27)19(17)24-12-25-21/h2-4,6-7,10,12,14-15,18,23H,5,8-9,11H2,1H3,(H2,22,27)(H,24,25,26)/t14?,15-,18+/m0/s1. The zero-order chi connectivity index (χ0) is 18.8. The molecule has 6 heteroatoms. The predicted molar refractivity (Wildman–Crippen MR) is 107 cm³/mol. The number of hydrogen-bond acceptors (Lipinski definition) is 5. The number of aromatic nitrogens is 2. The highest BCUT2D eigenvalue weighted by Crippen LogP contribution is 2.32. The molecule has 1 saturated heterocycles. The van der Waals surface area contributed by atoms with Gasteiger partial charge >= 0.3 is 0 Å². The predicted octanol–water partition coefficient (Wildman–Crippen LogP) is 2.64. The molecule has 0 saturated carbocycles. The van der Waals surface area contributed by atoms with Crippen molar-refractivity contribution in [1.29, 1.82) is 0 Å². The monoisotopic (exact) mass is 363 g/mol. The van der Waals surface area contributed by atoms with Crippen LogP contribution in [-0.4, -0.2) is 35.0 Å². The van der Waals surface area contributed by atoms with Crippen LogP contribution in [0.5, 0.6) is 0 Å². The van der Waals surface area contributed by atoms with Crippen LogP contribution in [0.4, 0.5) is 5.82 Å². The van der Waals surface area contributed by atoms with Crippen molar-refractivity contribution in [2.24, 2.45) is 17.6 Å². The number of benzene rings is 1. The average Bonchev–Trinajstić information content (AvgIpc) is 2.68. The summed E-state index contributed by atoms with van der Waals surface area (Å²) in [7, 11) is 0. The Bertz CT molecular complexity index is 920. The van der Waals surface area contributed by atoms with Gasteiger partial charge in [0, 0.05) is 18.0 Å².